The lowest BCUT2D eigenvalue weighted by Crippen LogP contribution is -2.31. The second kappa shape index (κ2) is 6.40. The van der Waals surface area contributed by atoms with Crippen molar-refractivity contribution in [2.45, 2.75) is 6.54 Å². The zero-order valence-electron chi connectivity index (χ0n) is 12.7. The highest BCUT2D eigenvalue weighted by Crippen LogP contribution is 2.30. The van der Waals surface area contributed by atoms with E-state index in [2.05, 4.69) is 0 Å². The summed E-state index contributed by atoms with van der Waals surface area (Å²) in [6, 6.07) is 9.22. The number of aldehydes is 1. The molecule has 25 heavy (non-hydrogen) atoms. The van der Waals surface area contributed by atoms with E-state index in [4.69, 9.17) is 4.42 Å². The molecule has 0 atom stereocenters. The van der Waals surface area contributed by atoms with Gasteiger partial charge < -0.3 is 4.42 Å². The van der Waals surface area contributed by atoms with Gasteiger partial charge in [-0.25, -0.2) is 4.79 Å². The molecule has 1 N–H and O–H groups in total. The Balaban J connectivity index is 1.96. The normalized spacial score (nSPS) is 10.6. The van der Waals surface area contributed by atoms with Crippen LogP contribution in [0.25, 0.3) is 11.3 Å². The monoisotopic (exact) mass is 341 g/mol. The lowest BCUT2D eigenvalue weighted by molar-refractivity contribution is -0.384. The molecule has 0 fully saturated rings. The Morgan fingerprint density at radius 2 is 1.96 bits per heavy atom. The molecule has 2 aromatic heterocycles. The molecule has 0 aliphatic rings. The number of nitrogens with zero attached hydrogens (tertiary/aromatic N) is 2. The van der Waals surface area contributed by atoms with Crippen molar-refractivity contribution in [3.8, 4) is 11.3 Å². The van der Waals surface area contributed by atoms with Gasteiger partial charge in [0.2, 0.25) is 0 Å². The number of rotatable bonds is 5. The molecule has 0 saturated heterocycles. The molecule has 9 heteroatoms. The average molecular weight is 341 g/mol. The van der Waals surface area contributed by atoms with E-state index in [1.165, 1.54) is 6.07 Å². The van der Waals surface area contributed by atoms with Crippen molar-refractivity contribution >= 4 is 12.0 Å². The van der Waals surface area contributed by atoms with E-state index in [1.54, 1.807) is 30.3 Å². The Labute approximate surface area is 139 Å². The molecule has 0 bridgehead atoms. The van der Waals surface area contributed by atoms with Gasteiger partial charge in [0.15, 0.2) is 6.29 Å². The molecule has 0 unspecified atom stereocenters. The van der Waals surface area contributed by atoms with Gasteiger partial charge in [0, 0.05) is 12.3 Å². The summed E-state index contributed by atoms with van der Waals surface area (Å²) in [7, 11) is 0. The van der Waals surface area contributed by atoms with Crippen molar-refractivity contribution in [1.29, 1.82) is 0 Å². The lowest BCUT2D eigenvalue weighted by atomic mass is 10.1. The van der Waals surface area contributed by atoms with Crippen LogP contribution in [0.4, 0.5) is 5.69 Å². The van der Waals surface area contributed by atoms with Gasteiger partial charge in [-0.2, -0.15) is 0 Å². The molecule has 3 aromatic rings. The Kier molecular flexibility index (Phi) is 4.12. The number of H-pyrrole nitrogens is 1. The van der Waals surface area contributed by atoms with Gasteiger partial charge >= 0.3 is 5.69 Å². The zero-order valence-corrected chi connectivity index (χ0v) is 12.7. The summed E-state index contributed by atoms with van der Waals surface area (Å²) >= 11 is 0. The Morgan fingerprint density at radius 3 is 2.68 bits per heavy atom. The van der Waals surface area contributed by atoms with Crippen molar-refractivity contribution in [2.75, 3.05) is 0 Å². The van der Waals surface area contributed by atoms with Crippen molar-refractivity contribution in [2.24, 2.45) is 0 Å². The molecule has 126 valence electrons. The second-order valence-electron chi connectivity index (χ2n) is 5.13. The summed E-state index contributed by atoms with van der Waals surface area (Å²) in [6.07, 6.45) is 1.47. The fourth-order valence-corrected chi connectivity index (χ4v) is 2.34. The van der Waals surface area contributed by atoms with Crippen LogP contribution in [-0.2, 0) is 6.54 Å². The molecule has 0 radical (unpaired) electrons. The molecule has 0 aliphatic heterocycles. The van der Waals surface area contributed by atoms with E-state index < -0.39 is 16.2 Å². The topological polar surface area (TPSA) is 128 Å². The number of nitro benzene ring substituents is 1. The first kappa shape index (κ1) is 16.1. The third-order valence-electron chi connectivity index (χ3n) is 3.52. The van der Waals surface area contributed by atoms with E-state index in [0.29, 0.717) is 17.6 Å². The third-order valence-corrected chi connectivity index (χ3v) is 3.52. The van der Waals surface area contributed by atoms with Crippen LogP contribution in [0.2, 0.25) is 0 Å². The summed E-state index contributed by atoms with van der Waals surface area (Å²) in [5.41, 5.74) is -1.45. The van der Waals surface area contributed by atoms with E-state index in [-0.39, 0.29) is 23.6 Å². The van der Waals surface area contributed by atoms with Gasteiger partial charge in [0.1, 0.15) is 11.5 Å². The summed E-state index contributed by atoms with van der Waals surface area (Å²) in [5.74, 6) is 0.606. The van der Waals surface area contributed by atoms with Crippen LogP contribution >= 0.6 is 0 Å². The number of hydrogen-bond donors (Lipinski definition) is 1. The van der Waals surface area contributed by atoms with Crippen LogP contribution in [0, 0.1) is 10.1 Å². The van der Waals surface area contributed by atoms with Crippen LogP contribution in [0.15, 0.2) is 56.6 Å². The first-order valence-electron chi connectivity index (χ1n) is 7.11. The predicted molar refractivity (Wildman–Crippen MR) is 86.6 cm³/mol. The summed E-state index contributed by atoms with van der Waals surface area (Å²) in [5, 5.41) is 11.1. The van der Waals surface area contributed by atoms with Gasteiger partial charge in [-0.3, -0.25) is 29.3 Å². The second-order valence-corrected chi connectivity index (χ2v) is 5.13. The fourth-order valence-electron chi connectivity index (χ4n) is 2.34. The molecule has 0 spiro atoms. The maximum atomic E-state index is 11.8. The number of para-hydroxylation sites is 1. The molecule has 0 aliphatic carbocycles. The van der Waals surface area contributed by atoms with Gasteiger partial charge in [-0.05, 0) is 18.2 Å². The van der Waals surface area contributed by atoms with Crippen LogP contribution in [-0.4, -0.2) is 20.8 Å². The molecule has 9 nitrogen and oxygen atoms in total. The minimum absolute atomic E-state index is 0.0446. The number of carbonyl (C=O) groups excluding carboxylic acids is 1. The summed E-state index contributed by atoms with van der Waals surface area (Å²) < 4.78 is 6.68. The van der Waals surface area contributed by atoms with Crippen LogP contribution in [0.3, 0.4) is 0 Å². The fraction of sp³-hybridized carbons (Fsp3) is 0.0625. The summed E-state index contributed by atoms with van der Waals surface area (Å²) in [6.45, 7) is -0.0446. The molecule has 0 saturated carbocycles. The number of nitro groups is 1. The predicted octanol–water partition coefficient (Wildman–Crippen LogP) is 1.57. The zero-order chi connectivity index (χ0) is 18.0. The maximum Gasteiger partial charge on any atom is 0.328 e. The minimum atomic E-state index is -0.767. The minimum Gasteiger partial charge on any atom is -0.459 e. The van der Waals surface area contributed by atoms with Crippen LogP contribution < -0.4 is 11.2 Å². The van der Waals surface area contributed by atoms with E-state index in [0.717, 1.165) is 10.8 Å². The largest absolute Gasteiger partial charge is 0.459 e. The number of hydrogen-bond acceptors (Lipinski definition) is 6. The SMILES string of the molecule is O=Cc1cn(Cc2ccc(-c3ccccc3[N+](=O)[O-])o2)c(=O)[nH]c1=O. The van der Waals surface area contributed by atoms with Gasteiger partial charge in [-0.1, -0.05) is 12.1 Å². The smallest absolute Gasteiger partial charge is 0.328 e. The Bertz CT molecular complexity index is 1080. The van der Waals surface area contributed by atoms with E-state index in [9.17, 15) is 24.5 Å². The van der Waals surface area contributed by atoms with Crippen molar-refractivity contribution in [3.63, 3.8) is 0 Å². The van der Waals surface area contributed by atoms with Crippen LogP contribution in [0.1, 0.15) is 16.1 Å². The molecule has 1 aromatic carbocycles. The Hall–Kier alpha value is -3.75. The number of benzene rings is 1. The third kappa shape index (κ3) is 3.15. The number of carbonyl (C=O) groups is 1. The van der Waals surface area contributed by atoms with Crippen molar-refractivity contribution in [1.82, 2.24) is 9.55 Å². The van der Waals surface area contributed by atoms with Gasteiger partial charge in [-0.15, -0.1) is 0 Å². The van der Waals surface area contributed by atoms with E-state index >= 15 is 0 Å². The van der Waals surface area contributed by atoms with Crippen LogP contribution in [0.5, 0.6) is 0 Å². The average Bonchev–Trinajstić information content (AvgIpc) is 3.05. The number of aromatic nitrogens is 2. The molecular formula is C16H11N3O6. The standard InChI is InChI=1S/C16H11N3O6/c20-9-10-7-18(16(22)17-15(10)21)8-11-5-6-14(25-11)12-3-1-2-4-13(12)19(23)24/h1-7,9H,8H2,(H,17,21,22). The first-order valence-corrected chi connectivity index (χ1v) is 7.11. The highest BCUT2D eigenvalue weighted by atomic mass is 16.6. The Morgan fingerprint density at radius 1 is 1.20 bits per heavy atom. The first-order chi connectivity index (χ1) is 12.0. The van der Waals surface area contributed by atoms with Gasteiger partial charge in [0.25, 0.3) is 11.2 Å². The van der Waals surface area contributed by atoms with E-state index in [1.807, 2.05) is 4.98 Å². The highest BCUT2D eigenvalue weighted by molar-refractivity contribution is 5.73. The molecular weight excluding hydrogens is 330 g/mol. The molecule has 3 rings (SSSR count). The molecule has 0 amide bonds. The number of furan rings is 1. The molecule has 2 heterocycles. The highest BCUT2D eigenvalue weighted by Gasteiger charge is 2.17. The van der Waals surface area contributed by atoms with Crippen molar-refractivity contribution in [3.05, 3.63) is 84.9 Å². The number of aromatic amines is 1. The van der Waals surface area contributed by atoms with Gasteiger partial charge in [0.05, 0.1) is 22.6 Å². The number of nitrogens with one attached hydrogen (secondary N) is 1. The quantitative estimate of drug-likeness (QED) is 0.426. The maximum absolute atomic E-state index is 11.8. The van der Waals surface area contributed by atoms with Crippen molar-refractivity contribution < 1.29 is 14.1 Å². The lowest BCUT2D eigenvalue weighted by Gasteiger charge is -2.03. The summed E-state index contributed by atoms with van der Waals surface area (Å²) in [4.78, 5) is 46.6.